The van der Waals surface area contributed by atoms with Gasteiger partial charge < -0.3 is 4.84 Å². The van der Waals surface area contributed by atoms with Gasteiger partial charge in [-0.25, -0.2) is 4.99 Å². The molecule has 1 heterocycles. The molecule has 1 aromatic carbocycles. The number of rotatable bonds is 5. The van der Waals surface area contributed by atoms with Gasteiger partial charge in [0.2, 0.25) is 0 Å². The zero-order chi connectivity index (χ0) is 18.9. The molecule has 132 valence electrons. The molecule has 1 N–H and O–H groups in total. The van der Waals surface area contributed by atoms with Crippen LogP contribution in [0.3, 0.4) is 0 Å². The monoisotopic (exact) mass is 370 g/mol. The van der Waals surface area contributed by atoms with Crippen LogP contribution in [0.25, 0.3) is 0 Å². The zero-order valence-electron chi connectivity index (χ0n) is 13.9. The molecule has 9 nitrogen and oxygen atoms in total. The van der Waals surface area contributed by atoms with Crippen molar-refractivity contribution in [3.63, 3.8) is 0 Å². The fraction of sp³-hybridized carbons (Fsp3) is 0.125. The number of hydrogen-bond donors (Lipinski definition) is 1. The van der Waals surface area contributed by atoms with Crippen molar-refractivity contribution in [2.45, 2.75) is 6.92 Å². The highest BCUT2D eigenvalue weighted by Crippen LogP contribution is 2.28. The minimum absolute atomic E-state index is 0.151. The fourth-order valence-corrected chi connectivity index (χ4v) is 2.18. The van der Waals surface area contributed by atoms with Gasteiger partial charge in [-0.05, 0) is 25.3 Å². The highest BCUT2D eigenvalue weighted by Gasteiger charge is 2.12. The molecule has 0 radical (unpaired) electrons. The van der Waals surface area contributed by atoms with Crippen molar-refractivity contribution in [2.24, 2.45) is 10.1 Å². The first-order valence-corrected chi connectivity index (χ1v) is 8.45. The number of nitrogens with zero attached hydrogens (tertiary/aromatic N) is 5. The van der Waals surface area contributed by atoms with Gasteiger partial charge >= 0.3 is 0 Å². The molecular weight excluding hydrogens is 356 g/mol. The normalized spacial score (nSPS) is 11.6. The van der Waals surface area contributed by atoms with Crippen LogP contribution >= 0.6 is 11.8 Å². The van der Waals surface area contributed by atoms with E-state index in [1.165, 1.54) is 30.0 Å². The van der Waals surface area contributed by atoms with Crippen LogP contribution in [0, 0.1) is 21.6 Å². The molecule has 0 aliphatic heterocycles. The molecule has 0 saturated heterocycles. The van der Waals surface area contributed by atoms with Crippen LogP contribution in [0.5, 0.6) is 5.75 Å². The lowest BCUT2D eigenvalue weighted by Crippen LogP contribution is -2.12. The maximum Gasteiger partial charge on any atom is 0.275 e. The van der Waals surface area contributed by atoms with E-state index in [0.29, 0.717) is 10.9 Å². The predicted octanol–water partition coefficient (Wildman–Crippen LogP) is 3.21. The van der Waals surface area contributed by atoms with E-state index >= 15 is 0 Å². The van der Waals surface area contributed by atoms with Crippen molar-refractivity contribution >= 4 is 34.0 Å². The smallest absolute Gasteiger partial charge is 0.275 e. The third-order valence-corrected chi connectivity index (χ3v) is 3.62. The molecule has 0 bridgehead atoms. The van der Waals surface area contributed by atoms with Crippen LogP contribution in [-0.2, 0) is 0 Å². The van der Waals surface area contributed by atoms with Crippen molar-refractivity contribution in [3.05, 3.63) is 58.4 Å². The number of nitro benzene ring substituents is 1. The van der Waals surface area contributed by atoms with Gasteiger partial charge in [-0.2, -0.15) is 5.26 Å². The number of amidine groups is 1. The number of non-ortho nitro benzene ring substituents is 1. The highest BCUT2D eigenvalue weighted by molar-refractivity contribution is 8.13. The first-order valence-electron chi connectivity index (χ1n) is 7.22. The Kier molecular flexibility index (Phi) is 6.64. The van der Waals surface area contributed by atoms with E-state index in [4.69, 9.17) is 10.1 Å². The Morgan fingerprint density at radius 2 is 2.27 bits per heavy atom. The zero-order valence-corrected chi connectivity index (χ0v) is 14.7. The Morgan fingerprint density at radius 3 is 2.88 bits per heavy atom. The van der Waals surface area contributed by atoms with Gasteiger partial charge in [-0.15, -0.1) is 0 Å². The minimum Gasteiger partial charge on any atom is -0.356 e. The van der Waals surface area contributed by atoms with Crippen LogP contribution in [0.4, 0.5) is 11.4 Å². The second-order valence-electron chi connectivity index (χ2n) is 4.81. The van der Waals surface area contributed by atoms with E-state index < -0.39 is 4.92 Å². The molecular formula is C16H14N6O3S. The summed E-state index contributed by atoms with van der Waals surface area (Å²) in [5.74, 6) is 0.151. The van der Waals surface area contributed by atoms with E-state index in [0.717, 1.165) is 5.56 Å². The molecule has 0 saturated carbocycles. The summed E-state index contributed by atoms with van der Waals surface area (Å²) in [4.78, 5) is 24.0. The predicted molar refractivity (Wildman–Crippen MR) is 99.5 cm³/mol. The number of nitriles is 1. The van der Waals surface area contributed by atoms with Crippen LogP contribution in [-0.4, -0.2) is 27.0 Å². The maximum absolute atomic E-state index is 11.1. The van der Waals surface area contributed by atoms with Crippen LogP contribution in [0.15, 0.2) is 52.9 Å². The summed E-state index contributed by atoms with van der Waals surface area (Å²) in [6.07, 6.45) is 6.75. The van der Waals surface area contributed by atoms with Crippen LogP contribution in [0.1, 0.15) is 12.5 Å². The Morgan fingerprint density at radius 1 is 1.46 bits per heavy atom. The Balaban J connectivity index is 2.33. The molecule has 0 atom stereocenters. The summed E-state index contributed by atoms with van der Waals surface area (Å²) in [5.41, 5.74) is 1.38. The highest BCUT2D eigenvalue weighted by atomic mass is 32.2. The number of nitro groups is 1. The second-order valence-corrected chi connectivity index (χ2v) is 5.60. The van der Waals surface area contributed by atoms with Gasteiger partial charge in [-0.1, -0.05) is 16.9 Å². The number of nitrogens with one attached hydrogen (secondary N) is 1. The lowest BCUT2D eigenvalue weighted by atomic mass is 10.2. The molecule has 0 fully saturated rings. The standard InChI is InChI=1S/C16H14N6O3S/c1-11(12-4-3-5-18-9-12)21-25-15-7-13(6-14(8-15)22(23)24)20-16(26-2)19-10-17/h3-9H,1-2H3,(H,19,20). The number of hydrogen-bond acceptors (Lipinski definition) is 8. The molecule has 10 heteroatoms. The van der Waals surface area contributed by atoms with E-state index in [1.807, 2.05) is 6.07 Å². The molecule has 0 amide bonds. The van der Waals surface area contributed by atoms with Gasteiger partial charge in [0, 0.05) is 30.1 Å². The minimum atomic E-state index is -0.556. The van der Waals surface area contributed by atoms with Gasteiger partial charge in [0.1, 0.15) is 0 Å². The van der Waals surface area contributed by atoms with Gasteiger partial charge in [0.05, 0.1) is 22.4 Å². The third-order valence-electron chi connectivity index (χ3n) is 3.04. The Bertz CT molecular complexity index is 893. The molecule has 1 aromatic heterocycles. The van der Waals surface area contributed by atoms with E-state index in [2.05, 4.69) is 20.4 Å². The SMILES string of the molecule is CSC(=Nc1cc(ON=C(C)c2cccnc2)cc([N+](=O)[O-])c1)NC#N. The van der Waals surface area contributed by atoms with Crippen LogP contribution in [0.2, 0.25) is 0 Å². The lowest BCUT2D eigenvalue weighted by Gasteiger charge is -2.04. The molecule has 0 unspecified atom stereocenters. The van der Waals surface area contributed by atoms with Gasteiger partial charge in [-0.3, -0.25) is 20.4 Å². The first-order chi connectivity index (χ1) is 12.5. The van der Waals surface area contributed by atoms with Crippen LogP contribution < -0.4 is 10.2 Å². The summed E-state index contributed by atoms with van der Waals surface area (Å²) >= 11 is 1.20. The summed E-state index contributed by atoms with van der Waals surface area (Å²) in [6.45, 7) is 1.73. The topological polar surface area (TPSA) is 126 Å². The average molecular weight is 370 g/mol. The van der Waals surface area contributed by atoms with E-state index in [-0.39, 0.29) is 17.1 Å². The van der Waals surface area contributed by atoms with Gasteiger partial charge in [0.15, 0.2) is 17.1 Å². The summed E-state index contributed by atoms with van der Waals surface area (Å²) in [5, 5.41) is 26.5. The lowest BCUT2D eigenvalue weighted by molar-refractivity contribution is -0.384. The van der Waals surface area contributed by atoms with Crippen molar-refractivity contribution in [1.82, 2.24) is 10.3 Å². The largest absolute Gasteiger partial charge is 0.356 e. The number of thioether (sulfide) groups is 1. The Hall–Kier alpha value is -3.45. The molecule has 0 aliphatic rings. The molecule has 2 rings (SSSR count). The first kappa shape index (κ1) is 18.9. The van der Waals surface area contributed by atoms with Crippen molar-refractivity contribution in [1.29, 1.82) is 5.26 Å². The van der Waals surface area contributed by atoms with Crippen molar-refractivity contribution in [2.75, 3.05) is 6.26 Å². The number of benzene rings is 1. The average Bonchev–Trinajstić information content (AvgIpc) is 2.66. The van der Waals surface area contributed by atoms with Gasteiger partial charge in [0.25, 0.3) is 5.69 Å². The number of oxime groups is 1. The van der Waals surface area contributed by atoms with E-state index in [1.54, 1.807) is 37.8 Å². The van der Waals surface area contributed by atoms with E-state index in [9.17, 15) is 10.1 Å². The quantitative estimate of drug-likeness (QED) is 0.214. The molecule has 0 spiro atoms. The molecule has 26 heavy (non-hydrogen) atoms. The number of aliphatic imine (C=N–C) groups is 1. The summed E-state index contributed by atoms with van der Waals surface area (Å²) < 4.78 is 0. The molecule has 2 aromatic rings. The maximum atomic E-state index is 11.1. The van der Waals surface area contributed by atoms with Crippen molar-refractivity contribution < 1.29 is 9.76 Å². The second kappa shape index (κ2) is 9.14. The molecule has 0 aliphatic carbocycles. The Labute approximate surface area is 153 Å². The fourth-order valence-electron chi connectivity index (χ4n) is 1.83. The summed E-state index contributed by atoms with van der Waals surface area (Å²) in [6, 6.07) is 7.59. The van der Waals surface area contributed by atoms with Crippen molar-refractivity contribution in [3.8, 4) is 11.9 Å². The third kappa shape index (κ3) is 5.29. The number of pyridine rings is 1. The summed E-state index contributed by atoms with van der Waals surface area (Å²) in [7, 11) is 0. The number of aromatic nitrogens is 1.